The monoisotopic (exact) mass is 353 g/mol. The highest BCUT2D eigenvalue weighted by Crippen LogP contribution is 2.46. The molecule has 0 saturated carbocycles. The first kappa shape index (κ1) is 16.8. The molecule has 6 heteroatoms. The van der Waals surface area contributed by atoms with E-state index in [1.807, 2.05) is 38.2 Å². The van der Waals surface area contributed by atoms with Crippen LogP contribution in [-0.4, -0.2) is 42.0 Å². The molecule has 26 heavy (non-hydrogen) atoms. The van der Waals surface area contributed by atoms with E-state index >= 15 is 0 Å². The van der Waals surface area contributed by atoms with Crippen LogP contribution in [0.4, 0.5) is 5.69 Å². The largest absolute Gasteiger partial charge is 0.361 e. The Kier molecular flexibility index (Phi) is 3.86. The number of para-hydroxylation sites is 1. The van der Waals surface area contributed by atoms with Crippen molar-refractivity contribution in [2.24, 2.45) is 0 Å². The summed E-state index contributed by atoms with van der Waals surface area (Å²) in [4.78, 5) is 29.9. The quantitative estimate of drug-likeness (QED) is 0.833. The minimum atomic E-state index is -0.642. The van der Waals surface area contributed by atoms with Crippen molar-refractivity contribution >= 4 is 17.5 Å². The second-order valence-corrected chi connectivity index (χ2v) is 7.21. The molecule has 1 atom stereocenters. The normalized spacial score (nSPS) is 22.2. The molecule has 1 aromatic carbocycles. The number of benzene rings is 1. The van der Waals surface area contributed by atoms with Crippen LogP contribution in [0.2, 0.25) is 0 Å². The maximum atomic E-state index is 13.2. The molecule has 2 aromatic rings. The zero-order valence-electron chi connectivity index (χ0n) is 15.4. The number of piperidine rings is 1. The summed E-state index contributed by atoms with van der Waals surface area (Å²) in [7, 11) is 1.82. The van der Waals surface area contributed by atoms with E-state index in [1.165, 1.54) is 0 Å². The Morgan fingerprint density at radius 3 is 2.88 bits per heavy atom. The van der Waals surface area contributed by atoms with E-state index in [9.17, 15) is 9.59 Å². The van der Waals surface area contributed by atoms with Crippen molar-refractivity contribution < 1.29 is 14.1 Å². The van der Waals surface area contributed by atoms with Gasteiger partial charge in [0.15, 0.2) is 0 Å². The van der Waals surface area contributed by atoms with Gasteiger partial charge in [0.2, 0.25) is 5.91 Å². The Morgan fingerprint density at radius 2 is 2.12 bits per heavy atom. The van der Waals surface area contributed by atoms with E-state index in [2.05, 4.69) is 5.16 Å². The summed E-state index contributed by atoms with van der Waals surface area (Å²) >= 11 is 0. The SMILES string of the molecule is CCc1noc(C)c1C(=O)N1CCCC2(C1)C(=O)N(C)c1ccccc12. The van der Waals surface area contributed by atoms with Crippen LogP contribution in [0.15, 0.2) is 28.8 Å². The molecule has 1 aromatic heterocycles. The van der Waals surface area contributed by atoms with Crippen molar-refractivity contribution in [3.63, 3.8) is 0 Å². The maximum absolute atomic E-state index is 13.2. The summed E-state index contributed by atoms with van der Waals surface area (Å²) in [6.07, 6.45) is 2.20. The predicted octanol–water partition coefficient (Wildman–Crippen LogP) is 2.70. The van der Waals surface area contributed by atoms with Gasteiger partial charge in [0, 0.05) is 25.8 Å². The highest BCUT2D eigenvalue weighted by atomic mass is 16.5. The van der Waals surface area contributed by atoms with Gasteiger partial charge in [-0.1, -0.05) is 30.3 Å². The first-order valence-corrected chi connectivity index (χ1v) is 9.11. The van der Waals surface area contributed by atoms with Gasteiger partial charge in [-0.05, 0) is 37.8 Å². The van der Waals surface area contributed by atoms with Gasteiger partial charge in [-0.25, -0.2) is 0 Å². The van der Waals surface area contributed by atoms with Crippen LogP contribution in [0.3, 0.4) is 0 Å². The van der Waals surface area contributed by atoms with E-state index in [1.54, 1.807) is 16.7 Å². The third kappa shape index (κ3) is 2.21. The maximum Gasteiger partial charge on any atom is 0.259 e. The van der Waals surface area contributed by atoms with Crippen molar-refractivity contribution in [1.29, 1.82) is 0 Å². The third-order valence-electron chi connectivity index (χ3n) is 5.76. The first-order valence-electron chi connectivity index (χ1n) is 9.11. The molecule has 0 N–H and O–H groups in total. The molecule has 1 unspecified atom stereocenters. The molecular formula is C20H23N3O3. The second-order valence-electron chi connectivity index (χ2n) is 7.21. The molecule has 0 radical (unpaired) electrons. The lowest BCUT2D eigenvalue weighted by atomic mass is 9.75. The number of amides is 2. The Labute approximate surface area is 152 Å². The van der Waals surface area contributed by atoms with Crippen LogP contribution in [0, 0.1) is 6.92 Å². The Balaban J connectivity index is 1.72. The van der Waals surface area contributed by atoms with Crippen LogP contribution in [-0.2, 0) is 16.6 Å². The van der Waals surface area contributed by atoms with E-state index in [-0.39, 0.29) is 11.8 Å². The first-order chi connectivity index (χ1) is 12.5. The molecule has 6 nitrogen and oxygen atoms in total. The molecule has 1 fully saturated rings. The van der Waals surface area contributed by atoms with Crippen molar-refractivity contribution in [2.45, 2.75) is 38.5 Å². The average Bonchev–Trinajstić information content (AvgIpc) is 3.14. The smallest absolute Gasteiger partial charge is 0.259 e. The number of anilines is 1. The molecule has 2 amide bonds. The predicted molar refractivity (Wildman–Crippen MR) is 97.3 cm³/mol. The van der Waals surface area contributed by atoms with Crippen LogP contribution in [0.1, 0.15) is 47.1 Å². The van der Waals surface area contributed by atoms with E-state index in [0.29, 0.717) is 36.5 Å². The van der Waals surface area contributed by atoms with Crippen molar-refractivity contribution in [1.82, 2.24) is 10.1 Å². The summed E-state index contributed by atoms with van der Waals surface area (Å²) < 4.78 is 5.24. The topological polar surface area (TPSA) is 66.7 Å². The van der Waals surface area contributed by atoms with Gasteiger partial charge >= 0.3 is 0 Å². The average molecular weight is 353 g/mol. The number of likely N-dealkylation sites (tertiary alicyclic amines) is 1. The van der Waals surface area contributed by atoms with E-state index in [4.69, 9.17) is 4.52 Å². The van der Waals surface area contributed by atoms with Crippen molar-refractivity contribution in [2.75, 3.05) is 25.0 Å². The van der Waals surface area contributed by atoms with E-state index in [0.717, 1.165) is 24.1 Å². The molecular weight excluding hydrogens is 330 g/mol. The fourth-order valence-corrected chi connectivity index (χ4v) is 4.43. The van der Waals surface area contributed by atoms with E-state index < -0.39 is 5.41 Å². The molecule has 0 aliphatic carbocycles. The fourth-order valence-electron chi connectivity index (χ4n) is 4.43. The summed E-state index contributed by atoms with van der Waals surface area (Å²) in [6, 6.07) is 7.91. The fraction of sp³-hybridized carbons (Fsp3) is 0.450. The number of likely N-dealkylation sites (N-methyl/N-ethyl adjacent to an activating group) is 1. The lowest BCUT2D eigenvalue weighted by Crippen LogP contribution is -2.53. The summed E-state index contributed by atoms with van der Waals surface area (Å²) in [5.74, 6) is 0.537. The number of carbonyl (C=O) groups excluding carboxylic acids is 2. The highest BCUT2D eigenvalue weighted by Gasteiger charge is 2.52. The summed E-state index contributed by atoms with van der Waals surface area (Å²) in [6.45, 7) is 4.77. The highest BCUT2D eigenvalue weighted by molar-refractivity contribution is 6.08. The summed E-state index contributed by atoms with van der Waals surface area (Å²) in [5.41, 5.74) is 2.57. The third-order valence-corrected chi connectivity index (χ3v) is 5.76. The lowest BCUT2D eigenvalue weighted by Gasteiger charge is -2.39. The van der Waals surface area contributed by atoms with Crippen LogP contribution < -0.4 is 4.90 Å². The molecule has 2 aliphatic heterocycles. The molecule has 1 spiro atoms. The number of hydrogen-bond donors (Lipinski definition) is 0. The second kappa shape index (κ2) is 5.97. The van der Waals surface area contributed by atoms with Crippen molar-refractivity contribution in [3.05, 3.63) is 46.8 Å². The van der Waals surface area contributed by atoms with Gasteiger partial charge in [0.05, 0.1) is 11.1 Å². The van der Waals surface area contributed by atoms with Crippen LogP contribution in [0.5, 0.6) is 0 Å². The molecule has 136 valence electrons. The number of hydrogen-bond acceptors (Lipinski definition) is 4. The molecule has 4 rings (SSSR count). The Hall–Kier alpha value is -2.63. The van der Waals surface area contributed by atoms with Gasteiger partial charge in [-0.2, -0.15) is 0 Å². The van der Waals surface area contributed by atoms with Gasteiger partial charge in [-0.3, -0.25) is 9.59 Å². The number of nitrogens with zero attached hydrogens (tertiary/aromatic N) is 3. The number of carbonyl (C=O) groups is 2. The summed E-state index contributed by atoms with van der Waals surface area (Å²) in [5, 5.41) is 4.00. The Morgan fingerprint density at radius 1 is 1.35 bits per heavy atom. The van der Waals surface area contributed by atoms with Crippen LogP contribution >= 0.6 is 0 Å². The zero-order valence-corrected chi connectivity index (χ0v) is 15.4. The molecule has 0 bridgehead atoms. The number of aryl methyl sites for hydroxylation is 2. The van der Waals surface area contributed by atoms with Gasteiger partial charge in [-0.15, -0.1) is 0 Å². The minimum Gasteiger partial charge on any atom is -0.361 e. The van der Waals surface area contributed by atoms with Gasteiger partial charge in [0.25, 0.3) is 5.91 Å². The standard InChI is InChI=1S/C20H23N3O3/c1-4-15-17(13(2)26-21-15)18(24)23-11-7-10-20(12-23)14-8-5-6-9-16(14)22(3)19(20)25/h5-6,8-9H,4,7,10-12H2,1-3H3. The van der Waals surface area contributed by atoms with Crippen LogP contribution in [0.25, 0.3) is 0 Å². The number of rotatable bonds is 2. The number of aromatic nitrogens is 1. The molecule has 1 saturated heterocycles. The van der Waals surface area contributed by atoms with Gasteiger partial charge in [0.1, 0.15) is 11.3 Å². The Bertz CT molecular complexity index is 888. The number of fused-ring (bicyclic) bond motifs is 2. The lowest BCUT2D eigenvalue weighted by molar-refractivity contribution is -0.124. The van der Waals surface area contributed by atoms with Gasteiger partial charge < -0.3 is 14.3 Å². The molecule has 3 heterocycles. The minimum absolute atomic E-state index is 0.0777. The zero-order chi connectivity index (χ0) is 18.5. The van der Waals surface area contributed by atoms with Crippen molar-refractivity contribution in [3.8, 4) is 0 Å². The molecule has 2 aliphatic rings.